The number of anilines is 1. The Morgan fingerprint density at radius 1 is 1.50 bits per heavy atom. The highest BCUT2D eigenvalue weighted by Gasteiger charge is 2.17. The van der Waals surface area contributed by atoms with Gasteiger partial charge in [-0.05, 0) is 25.5 Å². The van der Waals surface area contributed by atoms with Gasteiger partial charge in [0, 0.05) is 13.1 Å². The van der Waals surface area contributed by atoms with Gasteiger partial charge in [-0.15, -0.1) is 0 Å². The van der Waals surface area contributed by atoms with Gasteiger partial charge in [-0.25, -0.2) is 0 Å². The fraction of sp³-hybridized carbons (Fsp3) is 0.417. The highest BCUT2D eigenvalue weighted by Crippen LogP contribution is 2.30. The van der Waals surface area contributed by atoms with Crippen LogP contribution in [0.1, 0.15) is 13.3 Å². The van der Waals surface area contributed by atoms with Crippen molar-refractivity contribution in [3.8, 4) is 5.75 Å². The predicted molar refractivity (Wildman–Crippen MR) is 66.1 cm³/mol. The Labute approximate surface area is 95.7 Å². The van der Waals surface area contributed by atoms with Crippen molar-refractivity contribution >= 4 is 11.6 Å². The van der Waals surface area contributed by atoms with Crippen LogP contribution in [-0.4, -0.2) is 25.7 Å². The molecule has 0 aliphatic carbocycles. The smallest absolute Gasteiger partial charge is 0.195 e. The molecule has 4 nitrogen and oxygen atoms in total. The number of benzene rings is 1. The predicted octanol–water partition coefficient (Wildman–Crippen LogP) is 1.61. The first kappa shape index (κ1) is 10.8. The van der Waals surface area contributed by atoms with Gasteiger partial charge in [0.05, 0.1) is 12.3 Å². The lowest BCUT2D eigenvalue weighted by molar-refractivity contribution is 0.322. The molecule has 0 spiro atoms. The van der Waals surface area contributed by atoms with Gasteiger partial charge in [0.1, 0.15) is 5.75 Å². The molecule has 16 heavy (non-hydrogen) atoms. The maximum atomic E-state index is 5.96. The second-order valence-electron chi connectivity index (χ2n) is 3.65. The van der Waals surface area contributed by atoms with Gasteiger partial charge >= 0.3 is 0 Å². The zero-order valence-corrected chi connectivity index (χ0v) is 9.52. The van der Waals surface area contributed by atoms with E-state index in [0.717, 1.165) is 31.0 Å². The van der Waals surface area contributed by atoms with E-state index in [2.05, 4.69) is 4.99 Å². The topological polar surface area (TPSA) is 50.8 Å². The van der Waals surface area contributed by atoms with E-state index in [0.29, 0.717) is 12.5 Å². The molecular weight excluding hydrogens is 202 g/mol. The van der Waals surface area contributed by atoms with Gasteiger partial charge in [0.15, 0.2) is 5.96 Å². The Bertz CT molecular complexity index is 390. The third-order valence-electron chi connectivity index (χ3n) is 2.54. The molecule has 0 atom stereocenters. The SMILES string of the molecule is CCN=C(N)N1CCCOc2ccccc21. The van der Waals surface area contributed by atoms with Crippen LogP contribution in [0.15, 0.2) is 29.3 Å². The van der Waals surface area contributed by atoms with Gasteiger partial charge in [-0.2, -0.15) is 0 Å². The summed E-state index contributed by atoms with van der Waals surface area (Å²) in [6, 6.07) is 7.93. The zero-order valence-electron chi connectivity index (χ0n) is 9.52. The largest absolute Gasteiger partial charge is 0.491 e. The zero-order chi connectivity index (χ0) is 11.4. The van der Waals surface area contributed by atoms with Gasteiger partial charge in [-0.1, -0.05) is 12.1 Å². The van der Waals surface area contributed by atoms with Gasteiger partial charge in [0.2, 0.25) is 0 Å². The summed E-state index contributed by atoms with van der Waals surface area (Å²) in [5, 5.41) is 0. The Morgan fingerprint density at radius 2 is 2.31 bits per heavy atom. The average molecular weight is 219 g/mol. The minimum Gasteiger partial charge on any atom is -0.491 e. The quantitative estimate of drug-likeness (QED) is 0.576. The number of aliphatic imine (C=N–C) groups is 1. The number of nitrogens with two attached hydrogens (primary N) is 1. The summed E-state index contributed by atoms with van der Waals surface area (Å²) in [5.74, 6) is 1.45. The van der Waals surface area contributed by atoms with Crippen LogP contribution in [-0.2, 0) is 0 Å². The third-order valence-corrected chi connectivity index (χ3v) is 2.54. The number of ether oxygens (including phenoxy) is 1. The number of hydrogen-bond donors (Lipinski definition) is 1. The van der Waals surface area contributed by atoms with E-state index < -0.39 is 0 Å². The first-order chi connectivity index (χ1) is 7.83. The highest BCUT2D eigenvalue weighted by molar-refractivity contribution is 5.96. The van der Waals surface area contributed by atoms with Crippen LogP contribution in [0.4, 0.5) is 5.69 Å². The molecule has 0 fully saturated rings. The lowest BCUT2D eigenvalue weighted by atomic mass is 10.2. The van der Waals surface area contributed by atoms with Crippen LogP contribution < -0.4 is 15.4 Å². The van der Waals surface area contributed by atoms with Crippen LogP contribution in [0.25, 0.3) is 0 Å². The van der Waals surface area contributed by atoms with Crippen LogP contribution in [0.2, 0.25) is 0 Å². The fourth-order valence-electron chi connectivity index (χ4n) is 1.81. The Balaban J connectivity index is 2.36. The lowest BCUT2D eigenvalue weighted by Gasteiger charge is -2.22. The minimum absolute atomic E-state index is 0.570. The van der Waals surface area contributed by atoms with Crippen LogP contribution in [0.5, 0.6) is 5.75 Å². The number of guanidine groups is 1. The molecule has 1 aromatic rings. The summed E-state index contributed by atoms with van der Waals surface area (Å²) < 4.78 is 5.65. The van der Waals surface area contributed by atoms with E-state index in [-0.39, 0.29) is 0 Å². The number of nitrogens with zero attached hydrogens (tertiary/aromatic N) is 2. The summed E-state index contributed by atoms with van der Waals surface area (Å²) in [7, 11) is 0. The van der Waals surface area contributed by atoms with Crippen molar-refractivity contribution < 1.29 is 4.74 Å². The summed E-state index contributed by atoms with van der Waals surface area (Å²) in [5.41, 5.74) is 6.97. The van der Waals surface area contributed by atoms with E-state index in [9.17, 15) is 0 Å². The average Bonchev–Trinajstić information content (AvgIpc) is 2.51. The Hall–Kier alpha value is -1.71. The van der Waals surface area contributed by atoms with Crippen molar-refractivity contribution in [1.29, 1.82) is 0 Å². The van der Waals surface area contributed by atoms with Crippen molar-refractivity contribution in [3.63, 3.8) is 0 Å². The molecule has 1 heterocycles. The molecule has 2 rings (SSSR count). The second kappa shape index (κ2) is 4.88. The van der Waals surface area contributed by atoms with Crippen LogP contribution >= 0.6 is 0 Å². The van der Waals surface area contributed by atoms with Crippen molar-refractivity contribution in [2.45, 2.75) is 13.3 Å². The molecule has 1 aromatic carbocycles. The fourth-order valence-corrected chi connectivity index (χ4v) is 1.81. The third kappa shape index (κ3) is 2.10. The van der Waals surface area contributed by atoms with Crippen LogP contribution in [0.3, 0.4) is 0 Å². The summed E-state index contributed by atoms with van der Waals surface area (Å²) in [4.78, 5) is 6.27. The number of rotatable bonds is 1. The Kier molecular flexibility index (Phi) is 3.29. The molecule has 1 aliphatic heterocycles. The van der Waals surface area contributed by atoms with E-state index in [1.807, 2.05) is 36.1 Å². The second-order valence-corrected chi connectivity index (χ2v) is 3.65. The van der Waals surface area contributed by atoms with E-state index in [4.69, 9.17) is 10.5 Å². The normalized spacial score (nSPS) is 16.3. The summed E-state index contributed by atoms with van der Waals surface area (Å²) >= 11 is 0. The van der Waals surface area contributed by atoms with Crippen molar-refractivity contribution in [3.05, 3.63) is 24.3 Å². The van der Waals surface area contributed by atoms with Crippen molar-refractivity contribution in [2.75, 3.05) is 24.6 Å². The standard InChI is InChI=1S/C12H17N3O/c1-2-14-12(13)15-8-5-9-16-11-7-4-3-6-10(11)15/h3-4,6-7H,2,5,8-9H2,1H3,(H2,13,14). The highest BCUT2D eigenvalue weighted by atomic mass is 16.5. The van der Waals surface area contributed by atoms with Gasteiger partial charge < -0.3 is 15.4 Å². The molecule has 0 saturated heterocycles. The minimum atomic E-state index is 0.570. The molecule has 0 amide bonds. The summed E-state index contributed by atoms with van der Waals surface area (Å²) in [6.07, 6.45) is 0.953. The van der Waals surface area contributed by atoms with E-state index >= 15 is 0 Å². The number of fused-ring (bicyclic) bond motifs is 1. The van der Waals surface area contributed by atoms with Gasteiger partial charge in [0.25, 0.3) is 0 Å². The van der Waals surface area contributed by atoms with E-state index in [1.165, 1.54) is 0 Å². The molecule has 0 radical (unpaired) electrons. The number of para-hydroxylation sites is 2. The maximum Gasteiger partial charge on any atom is 0.195 e. The molecule has 0 unspecified atom stereocenters. The molecule has 1 aliphatic rings. The molecular formula is C12H17N3O. The van der Waals surface area contributed by atoms with Crippen LogP contribution in [0, 0.1) is 0 Å². The van der Waals surface area contributed by atoms with Crippen molar-refractivity contribution in [1.82, 2.24) is 0 Å². The van der Waals surface area contributed by atoms with Gasteiger partial charge in [-0.3, -0.25) is 4.99 Å². The summed E-state index contributed by atoms with van der Waals surface area (Å²) in [6.45, 7) is 4.26. The van der Waals surface area contributed by atoms with E-state index in [1.54, 1.807) is 0 Å². The molecule has 4 heteroatoms. The first-order valence-electron chi connectivity index (χ1n) is 5.62. The number of hydrogen-bond acceptors (Lipinski definition) is 2. The Morgan fingerprint density at radius 3 is 3.12 bits per heavy atom. The molecule has 2 N–H and O–H groups in total. The maximum absolute atomic E-state index is 5.96. The molecule has 86 valence electrons. The van der Waals surface area contributed by atoms with Crippen molar-refractivity contribution in [2.24, 2.45) is 10.7 Å². The molecule has 0 bridgehead atoms. The first-order valence-corrected chi connectivity index (χ1v) is 5.62. The molecule has 0 aromatic heterocycles. The lowest BCUT2D eigenvalue weighted by Crippen LogP contribution is -2.38. The monoisotopic (exact) mass is 219 g/mol. The molecule has 0 saturated carbocycles.